The standard InChI is InChI=1S/C6H10O2/c1-5(7)3-4-6(2)8/h3-5,7H,1-2H3/b4-3-. The molecule has 1 N–H and O–H groups in total. The van der Waals surface area contributed by atoms with Crippen LogP contribution in [-0.2, 0) is 4.79 Å². The molecule has 0 radical (unpaired) electrons. The number of carbonyl (C=O) groups excluding carboxylic acids is 1. The van der Waals surface area contributed by atoms with Gasteiger partial charge in [-0.1, -0.05) is 6.08 Å². The van der Waals surface area contributed by atoms with E-state index in [-0.39, 0.29) is 5.78 Å². The number of rotatable bonds is 2. The molecule has 0 aliphatic rings. The van der Waals surface area contributed by atoms with Crippen LogP contribution in [0.3, 0.4) is 0 Å². The van der Waals surface area contributed by atoms with Gasteiger partial charge in [0, 0.05) is 0 Å². The minimum absolute atomic E-state index is 0.0362. The van der Waals surface area contributed by atoms with Crippen LogP contribution in [0.25, 0.3) is 0 Å². The first-order chi connectivity index (χ1) is 3.63. The highest BCUT2D eigenvalue weighted by Gasteiger charge is 1.85. The third-order valence-electron chi connectivity index (χ3n) is 0.609. The monoisotopic (exact) mass is 114 g/mol. The van der Waals surface area contributed by atoms with Crippen molar-refractivity contribution >= 4 is 5.78 Å². The maximum absolute atomic E-state index is 10.2. The van der Waals surface area contributed by atoms with Crippen molar-refractivity contribution in [2.24, 2.45) is 0 Å². The first-order valence-electron chi connectivity index (χ1n) is 2.50. The Morgan fingerprint density at radius 3 is 2.38 bits per heavy atom. The lowest BCUT2D eigenvalue weighted by Crippen LogP contribution is -1.93. The number of hydrogen-bond donors (Lipinski definition) is 1. The quantitative estimate of drug-likeness (QED) is 0.531. The van der Waals surface area contributed by atoms with Crippen molar-refractivity contribution in [2.75, 3.05) is 0 Å². The van der Waals surface area contributed by atoms with Gasteiger partial charge in [-0.15, -0.1) is 0 Å². The van der Waals surface area contributed by atoms with Gasteiger partial charge in [0.15, 0.2) is 5.78 Å². The van der Waals surface area contributed by atoms with E-state index >= 15 is 0 Å². The lowest BCUT2D eigenvalue weighted by molar-refractivity contribution is -0.112. The Hall–Kier alpha value is -0.630. The molecule has 0 aliphatic heterocycles. The van der Waals surface area contributed by atoms with Crippen molar-refractivity contribution in [2.45, 2.75) is 20.0 Å². The zero-order chi connectivity index (χ0) is 6.57. The number of carbonyl (C=O) groups is 1. The van der Waals surface area contributed by atoms with Crippen LogP contribution in [0.2, 0.25) is 0 Å². The van der Waals surface area contributed by atoms with E-state index in [1.165, 1.54) is 19.1 Å². The molecular weight excluding hydrogens is 104 g/mol. The van der Waals surface area contributed by atoms with Crippen LogP contribution in [-0.4, -0.2) is 17.0 Å². The molecule has 2 nitrogen and oxygen atoms in total. The van der Waals surface area contributed by atoms with E-state index in [4.69, 9.17) is 5.11 Å². The Balaban J connectivity index is 3.50. The van der Waals surface area contributed by atoms with Crippen molar-refractivity contribution in [3.63, 3.8) is 0 Å². The van der Waals surface area contributed by atoms with E-state index in [0.29, 0.717) is 0 Å². The van der Waals surface area contributed by atoms with Gasteiger partial charge in [0.25, 0.3) is 0 Å². The molecule has 0 fully saturated rings. The maximum atomic E-state index is 10.2. The molecule has 0 spiro atoms. The van der Waals surface area contributed by atoms with Gasteiger partial charge in [0.05, 0.1) is 6.10 Å². The van der Waals surface area contributed by atoms with Gasteiger partial charge in [-0.2, -0.15) is 0 Å². The van der Waals surface area contributed by atoms with E-state index in [0.717, 1.165) is 0 Å². The van der Waals surface area contributed by atoms with Crippen LogP contribution < -0.4 is 0 Å². The summed E-state index contributed by atoms with van der Waals surface area (Å²) in [5.74, 6) is -0.0362. The molecule has 0 aromatic carbocycles. The number of allylic oxidation sites excluding steroid dienone is 1. The Kier molecular flexibility index (Phi) is 3.12. The summed E-state index contributed by atoms with van der Waals surface area (Å²) in [6.07, 6.45) is 2.28. The van der Waals surface area contributed by atoms with Crippen molar-refractivity contribution in [1.29, 1.82) is 0 Å². The Morgan fingerprint density at radius 1 is 1.75 bits per heavy atom. The number of hydrogen-bond acceptors (Lipinski definition) is 2. The van der Waals surface area contributed by atoms with Crippen molar-refractivity contribution in [3.8, 4) is 0 Å². The van der Waals surface area contributed by atoms with Gasteiger partial charge < -0.3 is 5.11 Å². The molecule has 1 unspecified atom stereocenters. The molecule has 1 atom stereocenters. The van der Waals surface area contributed by atoms with Crippen LogP contribution in [0, 0.1) is 0 Å². The fraction of sp³-hybridized carbons (Fsp3) is 0.500. The second-order valence-corrected chi connectivity index (χ2v) is 1.71. The zero-order valence-electron chi connectivity index (χ0n) is 5.09. The second kappa shape index (κ2) is 3.38. The van der Waals surface area contributed by atoms with E-state index in [9.17, 15) is 4.79 Å². The first-order valence-corrected chi connectivity index (χ1v) is 2.50. The molecule has 0 saturated heterocycles. The summed E-state index contributed by atoms with van der Waals surface area (Å²) in [4.78, 5) is 10.2. The fourth-order valence-electron chi connectivity index (χ4n) is 0.275. The molecule has 0 saturated carbocycles. The van der Waals surface area contributed by atoms with Crippen molar-refractivity contribution < 1.29 is 9.90 Å². The van der Waals surface area contributed by atoms with Gasteiger partial charge in [0.1, 0.15) is 0 Å². The van der Waals surface area contributed by atoms with E-state index in [2.05, 4.69) is 0 Å². The molecule has 2 heteroatoms. The van der Waals surface area contributed by atoms with Gasteiger partial charge in [-0.25, -0.2) is 0 Å². The van der Waals surface area contributed by atoms with Crippen LogP contribution in [0.1, 0.15) is 13.8 Å². The van der Waals surface area contributed by atoms with E-state index in [1.54, 1.807) is 6.92 Å². The molecule has 0 bridgehead atoms. The molecule has 46 valence electrons. The summed E-state index contributed by atoms with van der Waals surface area (Å²) >= 11 is 0. The smallest absolute Gasteiger partial charge is 0.152 e. The lowest BCUT2D eigenvalue weighted by atomic mass is 10.3. The average Bonchev–Trinajstić information content (AvgIpc) is 1.61. The summed E-state index contributed by atoms with van der Waals surface area (Å²) in [5.41, 5.74) is 0. The lowest BCUT2D eigenvalue weighted by Gasteiger charge is -1.88. The molecule has 0 aliphatic carbocycles. The van der Waals surface area contributed by atoms with E-state index in [1.807, 2.05) is 0 Å². The third kappa shape index (κ3) is 5.37. The molecule has 0 aromatic heterocycles. The Morgan fingerprint density at radius 2 is 2.25 bits per heavy atom. The Bertz CT molecular complexity index is 103. The van der Waals surface area contributed by atoms with Crippen LogP contribution in [0.5, 0.6) is 0 Å². The minimum atomic E-state index is -0.515. The third-order valence-corrected chi connectivity index (χ3v) is 0.609. The summed E-state index contributed by atoms with van der Waals surface area (Å²) in [6.45, 7) is 3.04. The topological polar surface area (TPSA) is 37.3 Å². The Labute approximate surface area is 48.8 Å². The minimum Gasteiger partial charge on any atom is -0.389 e. The molecule has 8 heavy (non-hydrogen) atoms. The zero-order valence-corrected chi connectivity index (χ0v) is 5.09. The number of aliphatic hydroxyl groups excluding tert-OH is 1. The highest BCUT2D eigenvalue weighted by molar-refractivity contribution is 5.87. The number of aliphatic hydroxyl groups is 1. The average molecular weight is 114 g/mol. The van der Waals surface area contributed by atoms with E-state index < -0.39 is 6.10 Å². The first kappa shape index (κ1) is 7.37. The van der Waals surface area contributed by atoms with Crippen LogP contribution >= 0.6 is 0 Å². The van der Waals surface area contributed by atoms with Gasteiger partial charge >= 0.3 is 0 Å². The SMILES string of the molecule is CC(=O)/C=C\C(C)O. The molecule has 0 rings (SSSR count). The van der Waals surface area contributed by atoms with Crippen LogP contribution in [0.15, 0.2) is 12.2 Å². The second-order valence-electron chi connectivity index (χ2n) is 1.71. The molecule has 0 amide bonds. The van der Waals surface area contributed by atoms with Crippen molar-refractivity contribution in [1.82, 2.24) is 0 Å². The molecular formula is C6H10O2. The maximum Gasteiger partial charge on any atom is 0.152 e. The summed E-state index contributed by atoms with van der Waals surface area (Å²) in [7, 11) is 0. The normalized spacial score (nSPS) is 14.4. The predicted octanol–water partition coefficient (Wildman–Crippen LogP) is 0.512. The summed E-state index contributed by atoms with van der Waals surface area (Å²) < 4.78 is 0. The summed E-state index contributed by atoms with van der Waals surface area (Å²) in [5, 5.41) is 8.56. The highest BCUT2D eigenvalue weighted by Crippen LogP contribution is 1.81. The molecule has 0 aromatic rings. The van der Waals surface area contributed by atoms with Crippen molar-refractivity contribution in [3.05, 3.63) is 12.2 Å². The predicted molar refractivity (Wildman–Crippen MR) is 31.5 cm³/mol. The summed E-state index contributed by atoms with van der Waals surface area (Å²) in [6, 6.07) is 0. The van der Waals surface area contributed by atoms with Gasteiger partial charge in [-0.05, 0) is 19.9 Å². The highest BCUT2D eigenvalue weighted by atomic mass is 16.3. The largest absolute Gasteiger partial charge is 0.389 e. The molecule has 0 heterocycles. The van der Waals surface area contributed by atoms with Gasteiger partial charge in [0.2, 0.25) is 0 Å². The van der Waals surface area contributed by atoms with Gasteiger partial charge in [-0.3, -0.25) is 4.79 Å². The fourth-order valence-corrected chi connectivity index (χ4v) is 0.275. The number of ketones is 1. The van der Waals surface area contributed by atoms with Crippen LogP contribution in [0.4, 0.5) is 0 Å².